The minimum absolute atomic E-state index is 0.0682. The summed E-state index contributed by atoms with van der Waals surface area (Å²) in [6.07, 6.45) is 7.63. The van der Waals surface area contributed by atoms with Crippen molar-refractivity contribution in [2.45, 2.75) is 12.3 Å². The van der Waals surface area contributed by atoms with Gasteiger partial charge >= 0.3 is 0 Å². The molecule has 1 atom stereocenters. The van der Waals surface area contributed by atoms with Crippen molar-refractivity contribution in [3.63, 3.8) is 0 Å². The molecule has 0 radical (unpaired) electrons. The summed E-state index contributed by atoms with van der Waals surface area (Å²) in [5, 5.41) is -0.328. The van der Waals surface area contributed by atoms with Crippen molar-refractivity contribution < 1.29 is 4.79 Å². The molecule has 4 heteroatoms. The Morgan fingerprint density at radius 2 is 1.94 bits per heavy atom. The van der Waals surface area contributed by atoms with Gasteiger partial charge in [0.2, 0.25) is 0 Å². The number of rotatable bonds is 1. The van der Waals surface area contributed by atoms with Gasteiger partial charge in [-0.1, -0.05) is 29.9 Å². The van der Waals surface area contributed by atoms with E-state index in [2.05, 4.69) is 11.9 Å². The van der Waals surface area contributed by atoms with Crippen LogP contribution in [0.1, 0.15) is 6.92 Å². The summed E-state index contributed by atoms with van der Waals surface area (Å²) in [5.74, 6) is 0.0682. The van der Waals surface area contributed by atoms with Gasteiger partial charge in [0, 0.05) is 31.8 Å². The highest BCUT2D eigenvalue weighted by Gasteiger charge is 2.25. The van der Waals surface area contributed by atoms with E-state index in [0.717, 1.165) is 31.8 Å². The Morgan fingerprint density at radius 1 is 1.28 bits per heavy atom. The molecule has 1 aliphatic heterocycles. The third kappa shape index (κ3) is 3.03. The largest absolute Gasteiger partial charge is 0.336 e. The predicted octanol–water partition coefficient (Wildman–Crippen LogP) is 1.81. The molecule has 2 aliphatic rings. The summed E-state index contributed by atoms with van der Waals surface area (Å²) in [6, 6.07) is 0. The number of allylic oxidation sites excluding steroid dienone is 5. The molecule has 1 heterocycles. The minimum Gasteiger partial charge on any atom is -0.336 e. The van der Waals surface area contributed by atoms with Gasteiger partial charge in [-0.15, -0.1) is 11.6 Å². The van der Waals surface area contributed by atoms with Gasteiger partial charge in [0.25, 0.3) is 5.91 Å². The maximum atomic E-state index is 12.4. The standard InChI is InChI=1S/C14H19ClN2O/c1-11-3-5-12(13(15)6-4-11)14(18)17-9-7-16(2)8-10-17/h3-6,13H,7-10H2,1-2H3. The van der Waals surface area contributed by atoms with Crippen molar-refractivity contribution >= 4 is 17.5 Å². The number of hydrogen-bond acceptors (Lipinski definition) is 2. The number of likely N-dealkylation sites (N-methyl/N-ethyl adjacent to an activating group) is 1. The van der Waals surface area contributed by atoms with Crippen molar-refractivity contribution in [2.75, 3.05) is 33.2 Å². The number of nitrogens with zero attached hydrogens (tertiary/aromatic N) is 2. The maximum Gasteiger partial charge on any atom is 0.251 e. The van der Waals surface area contributed by atoms with Crippen LogP contribution in [0.15, 0.2) is 35.5 Å². The SMILES string of the molecule is CC1=CC=C(C(=O)N2CCN(C)CC2)C(Cl)C=C1. The Labute approximate surface area is 113 Å². The zero-order valence-corrected chi connectivity index (χ0v) is 11.7. The summed E-state index contributed by atoms with van der Waals surface area (Å²) >= 11 is 6.25. The van der Waals surface area contributed by atoms with Gasteiger partial charge in [0.05, 0.1) is 5.38 Å². The van der Waals surface area contributed by atoms with Crippen LogP contribution in [0.25, 0.3) is 0 Å². The molecular formula is C14H19ClN2O. The van der Waals surface area contributed by atoms with Crippen molar-refractivity contribution in [1.82, 2.24) is 9.80 Å². The molecule has 1 aliphatic carbocycles. The highest BCUT2D eigenvalue weighted by atomic mass is 35.5. The second-order valence-corrected chi connectivity index (χ2v) is 5.36. The summed E-state index contributed by atoms with van der Waals surface area (Å²) in [7, 11) is 2.08. The number of amides is 1. The zero-order chi connectivity index (χ0) is 13.1. The van der Waals surface area contributed by atoms with E-state index in [1.807, 2.05) is 36.1 Å². The number of alkyl halides is 1. The lowest BCUT2D eigenvalue weighted by Crippen LogP contribution is -2.48. The molecule has 0 N–H and O–H groups in total. The van der Waals surface area contributed by atoms with Crippen LogP contribution < -0.4 is 0 Å². The Bertz CT molecular complexity index is 418. The fraction of sp³-hybridized carbons (Fsp3) is 0.500. The summed E-state index contributed by atoms with van der Waals surface area (Å²) in [4.78, 5) is 16.5. The average Bonchev–Trinajstić information content (AvgIpc) is 2.52. The quantitative estimate of drug-likeness (QED) is 0.676. The Hall–Kier alpha value is -1.06. The topological polar surface area (TPSA) is 23.6 Å². The van der Waals surface area contributed by atoms with Crippen LogP contribution in [-0.2, 0) is 4.79 Å². The number of halogens is 1. The average molecular weight is 267 g/mol. The molecule has 0 saturated carbocycles. The van der Waals surface area contributed by atoms with E-state index in [4.69, 9.17) is 11.6 Å². The van der Waals surface area contributed by atoms with Gasteiger partial charge in [0.1, 0.15) is 0 Å². The molecular weight excluding hydrogens is 248 g/mol. The van der Waals surface area contributed by atoms with E-state index >= 15 is 0 Å². The minimum atomic E-state index is -0.328. The first-order valence-corrected chi connectivity index (χ1v) is 6.70. The first-order valence-electron chi connectivity index (χ1n) is 6.26. The van der Waals surface area contributed by atoms with E-state index in [9.17, 15) is 4.79 Å². The molecule has 0 aromatic rings. The molecule has 3 nitrogen and oxygen atoms in total. The number of piperazine rings is 1. The Balaban J connectivity index is 2.11. The molecule has 1 fully saturated rings. The smallest absolute Gasteiger partial charge is 0.251 e. The highest BCUT2D eigenvalue weighted by molar-refractivity contribution is 6.27. The fourth-order valence-corrected chi connectivity index (χ4v) is 2.33. The first-order chi connectivity index (χ1) is 8.58. The fourth-order valence-electron chi connectivity index (χ4n) is 2.09. The highest BCUT2D eigenvalue weighted by Crippen LogP contribution is 2.20. The van der Waals surface area contributed by atoms with Crippen LogP contribution in [-0.4, -0.2) is 54.3 Å². The zero-order valence-electron chi connectivity index (χ0n) is 10.9. The molecule has 0 bridgehead atoms. The molecule has 1 saturated heterocycles. The number of carbonyl (C=O) groups is 1. The third-order valence-electron chi connectivity index (χ3n) is 3.39. The Kier molecular flexibility index (Phi) is 4.25. The second-order valence-electron chi connectivity index (χ2n) is 4.89. The van der Waals surface area contributed by atoms with Gasteiger partial charge in [-0.25, -0.2) is 0 Å². The van der Waals surface area contributed by atoms with Crippen molar-refractivity contribution in [2.24, 2.45) is 0 Å². The van der Waals surface area contributed by atoms with Crippen LogP contribution in [0.4, 0.5) is 0 Å². The lowest BCUT2D eigenvalue weighted by Gasteiger charge is -2.33. The van der Waals surface area contributed by atoms with E-state index < -0.39 is 0 Å². The normalized spacial score (nSPS) is 25.5. The van der Waals surface area contributed by atoms with E-state index in [-0.39, 0.29) is 11.3 Å². The summed E-state index contributed by atoms with van der Waals surface area (Å²) < 4.78 is 0. The first kappa shape index (κ1) is 13.4. The van der Waals surface area contributed by atoms with Crippen LogP contribution in [0.2, 0.25) is 0 Å². The third-order valence-corrected chi connectivity index (χ3v) is 3.77. The molecule has 1 amide bonds. The van der Waals surface area contributed by atoms with Crippen molar-refractivity contribution in [3.05, 3.63) is 35.5 Å². The van der Waals surface area contributed by atoms with Crippen LogP contribution in [0, 0.1) is 0 Å². The lowest BCUT2D eigenvalue weighted by atomic mass is 10.1. The van der Waals surface area contributed by atoms with Gasteiger partial charge in [-0.2, -0.15) is 0 Å². The van der Waals surface area contributed by atoms with Crippen LogP contribution >= 0.6 is 11.6 Å². The molecule has 0 aromatic heterocycles. The van der Waals surface area contributed by atoms with Crippen LogP contribution in [0.5, 0.6) is 0 Å². The predicted molar refractivity (Wildman–Crippen MR) is 74.7 cm³/mol. The van der Waals surface area contributed by atoms with E-state index in [0.29, 0.717) is 5.57 Å². The Morgan fingerprint density at radius 3 is 2.61 bits per heavy atom. The van der Waals surface area contributed by atoms with Gasteiger partial charge < -0.3 is 9.80 Å². The van der Waals surface area contributed by atoms with Crippen molar-refractivity contribution in [1.29, 1.82) is 0 Å². The summed E-state index contributed by atoms with van der Waals surface area (Å²) in [5.41, 5.74) is 1.79. The maximum absolute atomic E-state index is 12.4. The van der Waals surface area contributed by atoms with Gasteiger partial charge in [0.15, 0.2) is 0 Å². The van der Waals surface area contributed by atoms with Crippen molar-refractivity contribution in [3.8, 4) is 0 Å². The molecule has 98 valence electrons. The molecule has 1 unspecified atom stereocenters. The lowest BCUT2D eigenvalue weighted by molar-refractivity contribution is -0.128. The molecule has 18 heavy (non-hydrogen) atoms. The molecule has 0 spiro atoms. The molecule has 2 rings (SSSR count). The number of carbonyl (C=O) groups excluding carboxylic acids is 1. The molecule has 0 aromatic carbocycles. The second kappa shape index (κ2) is 5.72. The van der Waals surface area contributed by atoms with E-state index in [1.165, 1.54) is 0 Å². The monoisotopic (exact) mass is 266 g/mol. The van der Waals surface area contributed by atoms with Crippen LogP contribution in [0.3, 0.4) is 0 Å². The summed E-state index contributed by atoms with van der Waals surface area (Å²) in [6.45, 7) is 5.42. The van der Waals surface area contributed by atoms with E-state index in [1.54, 1.807) is 0 Å². The van der Waals surface area contributed by atoms with Gasteiger partial charge in [-0.05, 0) is 14.0 Å². The number of hydrogen-bond donors (Lipinski definition) is 0. The van der Waals surface area contributed by atoms with Gasteiger partial charge in [-0.3, -0.25) is 4.79 Å².